The minimum Gasteiger partial charge on any atom is -0.496 e. The molecular weight excluding hydrogens is 392 g/mol. The molecule has 2 aromatic carbocycles. The molecule has 1 spiro atoms. The van der Waals surface area contributed by atoms with E-state index in [9.17, 15) is 4.79 Å². The van der Waals surface area contributed by atoms with Crippen molar-refractivity contribution in [1.29, 1.82) is 0 Å². The normalized spacial score (nSPS) is 29.2. The predicted octanol–water partition coefficient (Wildman–Crippen LogP) is 3.40. The van der Waals surface area contributed by atoms with Crippen molar-refractivity contribution in [3.05, 3.63) is 53.6 Å². The second kappa shape index (κ2) is 7.16. The van der Waals surface area contributed by atoms with Gasteiger partial charge >= 0.3 is 0 Å². The SMILES string of the molecule is COc1ccccc1CN1C[C@@H]2C[C@@H](c3ccc4c(c3)OCCO4)N3CCC[C@@]23C1=O. The Hall–Kier alpha value is -2.73. The highest BCUT2D eigenvalue weighted by atomic mass is 16.6. The third-order valence-electron chi connectivity index (χ3n) is 7.63. The van der Waals surface area contributed by atoms with E-state index in [0.717, 1.165) is 55.2 Å². The van der Waals surface area contributed by atoms with E-state index in [1.54, 1.807) is 7.11 Å². The molecule has 0 N–H and O–H groups in total. The van der Waals surface area contributed by atoms with Crippen molar-refractivity contribution in [1.82, 2.24) is 9.80 Å². The third kappa shape index (κ3) is 2.77. The first kappa shape index (κ1) is 19.0. The molecule has 3 saturated heterocycles. The summed E-state index contributed by atoms with van der Waals surface area (Å²) < 4.78 is 17.0. The molecule has 4 aliphatic heterocycles. The maximum atomic E-state index is 13.8. The summed E-state index contributed by atoms with van der Waals surface area (Å²) >= 11 is 0. The van der Waals surface area contributed by atoms with Crippen LogP contribution in [0.4, 0.5) is 0 Å². The average Bonchev–Trinajstić information content (AvgIpc) is 3.44. The quantitative estimate of drug-likeness (QED) is 0.759. The molecular formula is C25H28N2O4. The van der Waals surface area contributed by atoms with Gasteiger partial charge in [-0.05, 0) is 49.6 Å². The Morgan fingerprint density at radius 1 is 1.13 bits per heavy atom. The van der Waals surface area contributed by atoms with Gasteiger partial charge in [-0.1, -0.05) is 24.3 Å². The van der Waals surface area contributed by atoms with Crippen molar-refractivity contribution in [2.45, 2.75) is 37.4 Å². The van der Waals surface area contributed by atoms with Crippen molar-refractivity contribution < 1.29 is 19.0 Å². The topological polar surface area (TPSA) is 51.2 Å². The molecule has 1 amide bonds. The molecule has 31 heavy (non-hydrogen) atoms. The van der Waals surface area contributed by atoms with Crippen LogP contribution in [0.2, 0.25) is 0 Å². The van der Waals surface area contributed by atoms with Gasteiger partial charge in [-0.3, -0.25) is 9.69 Å². The summed E-state index contributed by atoms with van der Waals surface area (Å²) in [7, 11) is 1.69. The molecule has 0 unspecified atom stereocenters. The van der Waals surface area contributed by atoms with Crippen LogP contribution in [-0.2, 0) is 11.3 Å². The van der Waals surface area contributed by atoms with Gasteiger partial charge in [-0.2, -0.15) is 0 Å². The number of hydrogen-bond acceptors (Lipinski definition) is 5. The van der Waals surface area contributed by atoms with E-state index in [1.807, 2.05) is 24.3 Å². The Balaban J connectivity index is 1.28. The monoisotopic (exact) mass is 420 g/mol. The lowest BCUT2D eigenvalue weighted by atomic mass is 9.85. The van der Waals surface area contributed by atoms with Gasteiger partial charge in [0.25, 0.3) is 0 Å². The molecule has 3 fully saturated rings. The van der Waals surface area contributed by atoms with Crippen molar-refractivity contribution in [2.75, 3.05) is 33.4 Å². The largest absolute Gasteiger partial charge is 0.496 e. The summed E-state index contributed by atoms with van der Waals surface area (Å²) in [6, 6.07) is 14.6. The Bertz CT molecular complexity index is 1020. The lowest BCUT2D eigenvalue weighted by Crippen LogP contribution is -2.49. The minimum atomic E-state index is -0.347. The number of likely N-dealkylation sites (tertiary alicyclic amines) is 1. The van der Waals surface area contributed by atoms with Crippen LogP contribution in [-0.4, -0.2) is 54.7 Å². The zero-order chi connectivity index (χ0) is 21.0. The maximum Gasteiger partial charge on any atom is 0.243 e. The zero-order valence-electron chi connectivity index (χ0n) is 17.9. The van der Waals surface area contributed by atoms with Gasteiger partial charge in [-0.15, -0.1) is 0 Å². The van der Waals surface area contributed by atoms with Crippen LogP contribution in [0, 0.1) is 5.92 Å². The fraction of sp³-hybridized carbons (Fsp3) is 0.480. The molecule has 162 valence electrons. The van der Waals surface area contributed by atoms with E-state index in [2.05, 4.69) is 28.0 Å². The van der Waals surface area contributed by atoms with Crippen molar-refractivity contribution in [2.24, 2.45) is 5.92 Å². The van der Waals surface area contributed by atoms with Gasteiger partial charge in [0.05, 0.1) is 7.11 Å². The summed E-state index contributed by atoms with van der Waals surface area (Å²) in [6.07, 6.45) is 3.04. The van der Waals surface area contributed by atoms with Gasteiger partial charge in [0.1, 0.15) is 24.5 Å². The van der Waals surface area contributed by atoms with Crippen LogP contribution in [0.15, 0.2) is 42.5 Å². The smallest absolute Gasteiger partial charge is 0.243 e. The molecule has 0 saturated carbocycles. The number of ether oxygens (including phenoxy) is 3. The summed E-state index contributed by atoms with van der Waals surface area (Å²) in [6.45, 7) is 3.60. The number of para-hydroxylation sites is 1. The molecule has 3 atom stereocenters. The van der Waals surface area contributed by atoms with E-state index in [1.165, 1.54) is 5.56 Å². The number of hydrogen-bond donors (Lipinski definition) is 0. The summed E-state index contributed by atoms with van der Waals surface area (Å²) in [4.78, 5) is 18.4. The average molecular weight is 421 g/mol. The highest BCUT2D eigenvalue weighted by molar-refractivity contribution is 5.90. The number of amides is 1. The van der Waals surface area contributed by atoms with Crippen LogP contribution in [0.5, 0.6) is 17.2 Å². The number of fused-ring (bicyclic) bond motifs is 1. The van der Waals surface area contributed by atoms with Gasteiger partial charge in [-0.25, -0.2) is 0 Å². The molecule has 0 aromatic heterocycles. The maximum absolute atomic E-state index is 13.8. The number of benzene rings is 2. The van der Waals surface area contributed by atoms with Gasteiger partial charge < -0.3 is 19.1 Å². The summed E-state index contributed by atoms with van der Waals surface area (Å²) in [5, 5.41) is 0. The van der Waals surface area contributed by atoms with Gasteiger partial charge in [0.15, 0.2) is 11.5 Å². The van der Waals surface area contributed by atoms with Crippen LogP contribution >= 0.6 is 0 Å². The van der Waals surface area contributed by atoms with E-state index >= 15 is 0 Å². The Kier molecular flexibility index (Phi) is 4.39. The molecule has 4 aliphatic rings. The number of carbonyl (C=O) groups is 1. The minimum absolute atomic E-state index is 0.265. The van der Waals surface area contributed by atoms with E-state index < -0.39 is 0 Å². The van der Waals surface area contributed by atoms with Crippen molar-refractivity contribution in [3.8, 4) is 17.2 Å². The first-order valence-electron chi connectivity index (χ1n) is 11.3. The number of nitrogens with zero attached hydrogens (tertiary/aromatic N) is 2. The van der Waals surface area contributed by atoms with Crippen LogP contribution in [0.25, 0.3) is 0 Å². The number of carbonyl (C=O) groups excluding carboxylic acids is 1. The lowest BCUT2D eigenvalue weighted by molar-refractivity contribution is -0.137. The van der Waals surface area contributed by atoms with Crippen LogP contribution < -0.4 is 14.2 Å². The van der Waals surface area contributed by atoms with E-state index in [0.29, 0.717) is 31.6 Å². The van der Waals surface area contributed by atoms with Gasteiger partial charge in [0.2, 0.25) is 5.91 Å². The third-order valence-corrected chi connectivity index (χ3v) is 7.63. The molecule has 2 aromatic rings. The van der Waals surface area contributed by atoms with E-state index in [4.69, 9.17) is 14.2 Å². The van der Waals surface area contributed by atoms with Crippen LogP contribution in [0.1, 0.15) is 36.4 Å². The highest BCUT2D eigenvalue weighted by Gasteiger charge is 2.65. The highest BCUT2D eigenvalue weighted by Crippen LogP contribution is 2.56. The molecule has 6 nitrogen and oxygen atoms in total. The fourth-order valence-electron chi connectivity index (χ4n) is 6.34. The predicted molar refractivity (Wildman–Crippen MR) is 115 cm³/mol. The standard InChI is InChI=1S/C25H28N2O4/c1-29-21-6-3-2-5-18(21)15-26-16-19-14-20(27-10-4-9-25(19,27)24(26)28)17-7-8-22-23(13-17)31-12-11-30-22/h2-3,5-8,13,19-20H,4,9-12,14-16H2,1H3/t19-,20-,25-/m0/s1. The number of rotatable bonds is 4. The zero-order valence-corrected chi connectivity index (χ0v) is 17.9. The first-order chi connectivity index (χ1) is 15.2. The Labute approximate surface area is 182 Å². The molecule has 6 heteroatoms. The van der Waals surface area contributed by atoms with Crippen LogP contribution in [0.3, 0.4) is 0 Å². The molecule has 6 rings (SSSR count). The second-order valence-electron chi connectivity index (χ2n) is 9.07. The van der Waals surface area contributed by atoms with E-state index in [-0.39, 0.29) is 11.6 Å². The first-order valence-corrected chi connectivity index (χ1v) is 11.3. The van der Waals surface area contributed by atoms with Crippen molar-refractivity contribution >= 4 is 5.91 Å². The fourth-order valence-corrected chi connectivity index (χ4v) is 6.34. The Morgan fingerprint density at radius 2 is 1.97 bits per heavy atom. The summed E-state index contributed by atoms with van der Waals surface area (Å²) in [5.74, 6) is 3.15. The van der Waals surface area contributed by atoms with Crippen molar-refractivity contribution in [3.63, 3.8) is 0 Å². The molecule has 0 bridgehead atoms. The lowest BCUT2D eigenvalue weighted by Gasteiger charge is -2.34. The second-order valence-corrected chi connectivity index (χ2v) is 9.07. The molecule has 0 aliphatic carbocycles. The number of methoxy groups -OCH3 is 1. The molecule has 4 heterocycles. The Morgan fingerprint density at radius 3 is 2.84 bits per heavy atom. The molecule has 0 radical (unpaired) electrons. The summed E-state index contributed by atoms with van der Waals surface area (Å²) in [5.41, 5.74) is 1.96. The van der Waals surface area contributed by atoms with Gasteiger partial charge in [0, 0.05) is 30.6 Å².